The van der Waals surface area contributed by atoms with E-state index in [2.05, 4.69) is 6.58 Å². The Labute approximate surface area is 161 Å². The van der Waals surface area contributed by atoms with E-state index >= 15 is 0 Å². The summed E-state index contributed by atoms with van der Waals surface area (Å²) in [5, 5.41) is 0.288. The van der Waals surface area contributed by atoms with Crippen molar-refractivity contribution in [1.29, 1.82) is 0 Å². The standard InChI is InChI=1S/C20H16ClNO3S/c1-2-10-25-17-8-6-14(7-9-17)12-18-19(23)22(20(24)26-18)13-15-4-3-5-16(21)11-15/h2-9,11-12H,1,10,13H2/b18-12-. The Kier molecular flexibility index (Phi) is 5.81. The Hall–Kier alpha value is -2.50. The predicted molar refractivity (Wildman–Crippen MR) is 105 cm³/mol. The fraction of sp³-hybridized carbons (Fsp3) is 0.100. The lowest BCUT2D eigenvalue weighted by Gasteiger charge is -2.12. The highest BCUT2D eigenvalue weighted by atomic mass is 35.5. The number of ether oxygens (including phenoxy) is 1. The summed E-state index contributed by atoms with van der Waals surface area (Å²) >= 11 is 6.90. The van der Waals surface area contributed by atoms with E-state index < -0.39 is 0 Å². The van der Waals surface area contributed by atoms with Crippen LogP contribution in [0.3, 0.4) is 0 Å². The Morgan fingerprint density at radius 1 is 1.15 bits per heavy atom. The van der Waals surface area contributed by atoms with Gasteiger partial charge >= 0.3 is 0 Å². The van der Waals surface area contributed by atoms with Crippen molar-refractivity contribution in [2.24, 2.45) is 0 Å². The van der Waals surface area contributed by atoms with Gasteiger partial charge in [-0.05, 0) is 53.2 Å². The van der Waals surface area contributed by atoms with E-state index in [1.165, 1.54) is 4.90 Å². The topological polar surface area (TPSA) is 46.6 Å². The molecule has 6 heteroatoms. The summed E-state index contributed by atoms with van der Waals surface area (Å²) in [6.07, 6.45) is 3.38. The molecule has 26 heavy (non-hydrogen) atoms. The molecule has 3 rings (SSSR count). The lowest BCUT2D eigenvalue weighted by Crippen LogP contribution is -2.27. The number of rotatable bonds is 6. The number of amides is 2. The molecule has 1 aliphatic rings. The number of imide groups is 1. The highest BCUT2D eigenvalue weighted by Gasteiger charge is 2.34. The average molecular weight is 386 g/mol. The van der Waals surface area contributed by atoms with E-state index in [4.69, 9.17) is 16.3 Å². The smallest absolute Gasteiger partial charge is 0.293 e. The molecule has 0 aromatic heterocycles. The highest BCUT2D eigenvalue weighted by Crippen LogP contribution is 2.33. The molecule has 2 aromatic rings. The second kappa shape index (κ2) is 8.25. The average Bonchev–Trinajstić information content (AvgIpc) is 2.89. The van der Waals surface area contributed by atoms with Crippen molar-refractivity contribution in [2.75, 3.05) is 6.61 Å². The van der Waals surface area contributed by atoms with Crippen molar-refractivity contribution >= 4 is 40.6 Å². The van der Waals surface area contributed by atoms with Crippen LogP contribution in [0.2, 0.25) is 5.02 Å². The van der Waals surface area contributed by atoms with E-state index in [0.29, 0.717) is 16.5 Å². The molecule has 0 aliphatic carbocycles. The number of halogens is 1. The number of hydrogen-bond donors (Lipinski definition) is 0. The number of carbonyl (C=O) groups is 2. The molecule has 0 bridgehead atoms. The predicted octanol–water partition coefficient (Wildman–Crippen LogP) is 5.14. The fourth-order valence-corrected chi connectivity index (χ4v) is 3.47. The molecule has 2 amide bonds. The van der Waals surface area contributed by atoms with Crippen LogP contribution in [0.5, 0.6) is 5.75 Å². The second-order valence-electron chi connectivity index (χ2n) is 5.57. The molecule has 132 valence electrons. The molecular formula is C20H16ClNO3S. The van der Waals surface area contributed by atoms with E-state index in [1.807, 2.05) is 30.3 Å². The minimum atomic E-state index is -0.299. The van der Waals surface area contributed by atoms with Crippen LogP contribution < -0.4 is 4.74 Å². The molecular weight excluding hydrogens is 370 g/mol. The van der Waals surface area contributed by atoms with E-state index in [9.17, 15) is 9.59 Å². The van der Waals surface area contributed by atoms with Gasteiger partial charge in [0.1, 0.15) is 12.4 Å². The van der Waals surface area contributed by atoms with Crippen molar-refractivity contribution in [1.82, 2.24) is 4.90 Å². The van der Waals surface area contributed by atoms with Gasteiger partial charge in [0.05, 0.1) is 11.4 Å². The first-order valence-electron chi connectivity index (χ1n) is 7.90. The molecule has 1 saturated heterocycles. The van der Waals surface area contributed by atoms with Gasteiger partial charge in [-0.15, -0.1) is 0 Å². The summed E-state index contributed by atoms with van der Waals surface area (Å²) in [5.74, 6) is 0.420. The number of nitrogens with zero attached hydrogens (tertiary/aromatic N) is 1. The Bertz CT molecular complexity index is 877. The van der Waals surface area contributed by atoms with E-state index in [1.54, 1.807) is 30.4 Å². The Morgan fingerprint density at radius 2 is 1.92 bits per heavy atom. The molecule has 1 aliphatic heterocycles. The third kappa shape index (κ3) is 4.36. The second-order valence-corrected chi connectivity index (χ2v) is 7.00. The van der Waals surface area contributed by atoms with E-state index in [-0.39, 0.29) is 17.7 Å². The number of benzene rings is 2. The molecule has 2 aromatic carbocycles. The first kappa shape index (κ1) is 18.3. The van der Waals surface area contributed by atoms with Crippen LogP contribution in [0.1, 0.15) is 11.1 Å². The van der Waals surface area contributed by atoms with Crippen LogP contribution in [-0.2, 0) is 11.3 Å². The summed E-state index contributed by atoms with van der Waals surface area (Å²) in [7, 11) is 0. The van der Waals surface area contributed by atoms with Crippen LogP contribution in [-0.4, -0.2) is 22.7 Å². The van der Waals surface area contributed by atoms with Gasteiger partial charge in [-0.25, -0.2) is 0 Å². The molecule has 4 nitrogen and oxygen atoms in total. The molecule has 0 atom stereocenters. The summed E-state index contributed by atoms with van der Waals surface area (Å²) in [4.78, 5) is 26.4. The first-order valence-corrected chi connectivity index (χ1v) is 9.10. The molecule has 1 heterocycles. The number of thioether (sulfide) groups is 1. The Balaban J connectivity index is 1.73. The first-order chi connectivity index (χ1) is 12.6. The molecule has 0 spiro atoms. The number of carbonyl (C=O) groups excluding carboxylic acids is 2. The number of hydrogen-bond acceptors (Lipinski definition) is 4. The van der Waals surface area contributed by atoms with Gasteiger partial charge in [-0.3, -0.25) is 14.5 Å². The van der Waals surface area contributed by atoms with Gasteiger partial charge in [0.25, 0.3) is 11.1 Å². The summed E-state index contributed by atoms with van der Waals surface area (Å²) < 4.78 is 5.43. The molecule has 0 unspecified atom stereocenters. The molecule has 0 N–H and O–H groups in total. The molecule has 0 saturated carbocycles. The third-order valence-corrected chi connectivity index (χ3v) is 4.79. The summed E-state index contributed by atoms with van der Waals surface area (Å²) in [6, 6.07) is 14.4. The van der Waals surface area contributed by atoms with Crippen LogP contribution in [0, 0.1) is 0 Å². The highest BCUT2D eigenvalue weighted by molar-refractivity contribution is 8.18. The SMILES string of the molecule is C=CCOc1ccc(/C=C2\SC(=O)N(Cc3cccc(Cl)c3)C2=O)cc1. The van der Waals surface area contributed by atoms with Crippen LogP contribution in [0.4, 0.5) is 4.79 Å². The van der Waals surface area contributed by atoms with Crippen molar-refractivity contribution in [3.63, 3.8) is 0 Å². The summed E-state index contributed by atoms with van der Waals surface area (Å²) in [6.45, 7) is 4.24. The zero-order valence-corrected chi connectivity index (χ0v) is 15.4. The largest absolute Gasteiger partial charge is 0.490 e. The van der Waals surface area contributed by atoms with Gasteiger partial charge in [-0.1, -0.05) is 48.5 Å². The maximum atomic E-state index is 12.6. The fourth-order valence-electron chi connectivity index (χ4n) is 2.42. The maximum Gasteiger partial charge on any atom is 0.293 e. The van der Waals surface area contributed by atoms with Crippen LogP contribution in [0.15, 0.2) is 66.1 Å². The third-order valence-electron chi connectivity index (χ3n) is 3.65. The van der Waals surface area contributed by atoms with Crippen LogP contribution >= 0.6 is 23.4 Å². The zero-order valence-electron chi connectivity index (χ0n) is 13.9. The van der Waals surface area contributed by atoms with Gasteiger partial charge in [0.2, 0.25) is 0 Å². The minimum Gasteiger partial charge on any atom is -0.490 e. The van der Waals surface area contributed by atoms with Crippen molar-refractivity contribution in [3.05, 3.63) is 82.2 Å². The Morgan fingerprint density at radius 3 is 2.62 bits per heavy atom. The van der Waals surface area contributed by atoms with Gasteiger partial charge in [0, 0.05) is 5.02 Å². The van der Waals surface area contributed by atoms with Crippen molar-refractivity contribution in [3.8, 4) is 5.75 Å². The molecule has 0 radical (unpaired) electrons. The normalized spacial score (nSPS) is 15.6. The zero-order chi connectivity index (χ0) is 18.5. The van der Waals surface area contributed by atoms with E-state index in [0.717, 1.165) is 28.6 Å². The minimum absolute atomic E-state index is 0.205. The van der Waals surface area contributed by atoms with Gasteiger partial charge in [-0.2, -0.15) is 0 Å². The lowest BCUT2D eigenvalue weighted by molar-refractivity contribution is -0.123. The van der Waals surface area contributed by atoms with Crippen molar-refractivity contribution in [2.45, 2.75) is 6.54 Å². The quantitative estimate of drug-likeness (QED) is 0.510. The maximum absolute atomic E-state index is 12.6. The molecule has 1 fully saturated rings. The van der Waals surface area contributed by atoms with Crippen molar-refractivity contribution < 1.29 is 14.3 Å². The van der Waals surface area contributed by atoms with Crippen LogP contribution in [0.25, 0.3) is 6.08 Å². The monoisotopic (exact) mass is 385 g/mol. The lowest BCUT2D eigenvalue weighted by atomic mass is 10.2. The summed E-state index contributed by atoms with van der Waals surface area (Å²) in [5.41, 5.74) is 1.63. The van der Waals surface area contributed by atoms with Gasteiger partial charge in [0.15, 0.2) is 0 Å². The van der Waals surface area contributed by atoms with Gasteiger partial charge < -0.3 is 4.74 Å².